The Morgan fingerprint density at radius 3 is 2.75 bits per heavy atom. The molecule has 0 bridgehead atoms. The minimum absolute atomic E-state index is 0.0510. The molecule has 0 aliphatic heterocycles. The van der Waals surface area contributed by atoms with Gasteiger partial charge < -0.3 is 9.67 Å². The van der Waals surface area contributed by atoms with E-state index in [1.165, 1.54) is 12.1 Å². The van der Waals surface area contributed by atoms with E-state index >= 15 is 0 Å². The van der Waals surface area contributed by atoms with Gasteiger partial charge in [-0.2, -0.15) is 0 Å². The van der Waals surface area contributed by atoms with Gasteiger partial charge >= 0.3 is 0 Å². The normalized spacial score (nSPS) is 10.7. The van der Waals surface area contributed by atoms with Crippen molar-refractivity contribution in [1.82, 2.24) is 4.57 Å². The predicted octanol–water partition coefficient (Wildman–Crippen LogP) is 2.48. The summed E-state index contributed by atoms with van der Waals surface area (Å²) in [7, 11) is 0. The van der Waals surface area contributed by atoms with Crippen LogP contribution in [0.1, 0.15) is 16.7 Å². The average molecular weight is 219 g/mol. The Kier molecular flexibility index (Phi) is 3.06. The van der Waals surface area contributed by atoms with Crippen LogP contribution >= 0.6 is 0 Å². The molecule has 2 rings (SSSR count). The molecule has 0 saturated heterocycles. The summed E-state index contributed by atoms with van der Waals surface area (Å²) in [6.07, 6.45) is 3.80. The summed E-state index contributed by atoms with van der Waals surface area (Å²) >= 11 is 0. The number of aryl methyl sites for hydroxylation is 1. The molecular weight excluding hydrogens is 205 g/mol. The van der Waals surface area contributed by atoms with Crippen molar-refractivity contribution >= 4 is 0 Å². The summed E-state index contributed by atoms with van der Waals surface area (Å²) in [4.78, 5) is 0. The third-order valence-corrected chi connectivity index (χ3v) is 2.65. The molecule has 0 aliphatic rings. The molecule has 0 saturated carbocycles. The molecule has 0 spiro atoms. The second-order valence-corrected chi connectivity index (χ2v) is 3.92. The maximum absolute atomic E-state index is 12.9. The van der Waals surface area contributed by atoms with Crippen molar-refractivity contribution < 1.29 is 9.50 Å². The molecule has 84 valence electrons. The molecule has 16 heavy (non-hydrogen) atoms. The molecule has 1 heterocycles. The van der Waals surface area contributed by atoms with Gasteiger partial charge in [-0.1, -0.05) is 6.07 Å². The van der Waals surface area contributed by atoms with Crippen LogP contribution in [0, 0.1) is 12.7 Å². The number of aliphatic hydroxyl groups is 1. The van der Waals surface area contributed by atoms with Crippen LogP contribution < -0.4 is 0 Å². The number of nitrogens with zero attached hydrogens (tertiary/aromatic N) is 1. The lowest BCUT2D eigenvalue weighted by Gasteiger charge is -2.06. The van der Waals surface area contributed by atoms with Gasteiger partial charge in [-0.25, -0.2) is 4.39 Å². The zero-order valence-corrected chi connectivity index (χ0v) is 9.15. The zero-order chi connectivity index (χ0) is 11.5. The second-order valence-electron chi connectivity index (χ2n) is 3.92. The lowest BCUT2D eigenvalue weighted by molar-refractivity contribution is 0.282. The highest BCUT2D eigenvalue weighted by Gasteiger charge is 2.01. The number of hydrogen-bond acceptors (Lipinski definition) is 1. The monoisotopic (exact) mass is 219 g/mol. The van der Waals surface area contributed by atoms with Crippen LogP contribution in [0.4, 0.5) is 4.39 Å². The first kappa shape index (κ1) is 10.9. The summed E-state index contributed by atoms with van der Waals surface area (Å²) in [5.74, 6) is -0.204. The Bertz CT molecular complexity index is 490. The predicted molar refractivity (Wildman–Crippen MR) is 60.6 cm³/mol. The number of aliphatic hydroxyl groups excluding tert-OH is 1. The van der Waals surface area contributed by atoms with Gasteiger partial charge in [0.1, 0.15) is 5.82 Å². The smallest absolute Gasteiger partial charge is 0.123 e. The SMILES string of the molecule is Cc1cc(F)ccc1Cn1ccc(CO)c1. The van der Waals surface area contributed by atoms with Gasteiger partial charge in [0.15, 0.2) is 0 Å². The van der Waals surface area contributed by atoms with Crippen molar-refractivity contribution in [3.63, 3.8) is 0 Å². The highest BCUT2D eigenvalue weighted by molar-refractivity contribution is 5.27. The molecule has 0 fully saturated rings. The van der Waals surface area contributed by atoms with E-state index in [1.54, 1.807) is 6.07 Å². The molecule has 2 aromatic rings. The van der Waals surface area contributed by atoms with Crippen molar-refractivity contribution in [2.75, 3.05) is 0 Å². The molecule has 0 atom stereocenters. The summed E-state index contributed by atoms with van der Waals surface area (Å²) in [6.45, 7) is 2.65. The molecule has 0 amide bonds. The molecule has 0 unspecified atom stereocenters. The van der Waals surface area contributed by atoms with Crippen molar-refractivity contribution in [3.8, 4) is 0 Å². The molecule has 0 aliphatic carbocycles. The van der Waals surface area contributed by atoms with Crippen molar-refractivity contribution in [3.05, 3.63) is 59.2 Å². The standard InChI is InChI=1S/C13H14FNO/c1-10-6-13(14)3-2-12(10)8-15-5-4-11(7-15)9-16/h2-7,16H,8-9H2,1H3. The maximum Gasteiger partial charge on any atom is 0.123 e. The largest absolute Gasteiger partial charge is 0.392 e. The highest BCUT2D eigenvalue weighted by atomic mass is 19.1. The van der Waals surface area contributed by atoms with Crippen LogP contribution in [0.25, 0.3) is 0 Å². The Balaban J connectivity index is 2.20. The van der Waals surface area contributed by atoms with Gasteiger partial charge in [-0.3, -0.25) is 0 Å². The van der Waals surface area contributed by atoms with Gasteiger partial charge in [-0.15, -0.1) is 0 Å². The molecule has 0 radical (unpaired) electrons. The number of halogens is 1. The van der Waals surface area contributed by atoms with E-state index in [0.29, 0.717) is 6.54 Å². The third-order valence-electron chi connectivity index (χ3n) is 2.65. The number of benzene rings is 1. The zero-order valence-electron chi connectivity index (χ0n) is 9.15. The van der Waals surface area contributed by atoms with E-state index in [-0.39, 0.29) is 12.4 Å². The summed E-state index contributed by atoms with van der Waals surface area (Å²) in [5, 5.41) is 8.95. The van der Waals surface area contributed by atoms with Crippen molar-refractivity contribution in [2.45, 2.75) is 20.1 Å². The maximum atomic E-state index is 12.9. The van der Waals surface area contributed by atoms with Crippen molar-refractivity contribution in [2.24, 2.45) is 0 Å². The Morgan fingerprint density at radius 2 is 2.12 bits per heavy atom. The first-order valence-corrected chi connectivity index (χ1v) is 5.19. The lowest BCUT2D eigenvalue weighted by atomic mass is 10.1. The molecular formula is C13H14FNO. The minimum atomic E-state index is -0.204. The van der Waals surface area contributed by atoms with E-state index in [4.69, 9.17) is 5.11 Å². The van der Waals surface area contributed by atoms with Gasteiger partial charge in [0, 0.05) is 18.9 Å². The van der Waals surface area contributed by atoms with Crippen LogP contribution in [0.3, 0.4) is 0 Å². The topological polar surface area (TPSA) is 25.2 Å². The molecule has 3 heteroatoms. The Labute approximate surface area is 94.0 Å². The van der Waals surface area contributed by atoms with Crippen LogP contribution in [-0.4, -0.2) is 9.67 Å². The molecule has 1 aromatic carbocycles. The van der Waals surface area contributed by atoms with Gasteiger partial charge in [-0.05, 0) is 41.8 Å². The van der Waals surface area contributed by atoms with E-state index in [1.807, 2.05) is 30.0 Å². The highest BCUT2D eigenvalue weighted by Crippen LogP contribution is 2.12. The van der Waals surface area contributed by atoms with Gasteiger partial charge in [0.25, 0.3) is 0 Å². The second kappa shape index (κ2) is 4.49. The Hall–Kier alpha value is -1.61. The first-order valence-electron chi connectivity index (χ1n) is 5.19. The Morgan fingerprint density at radius 1 is 1.31 bits per heavy atom. The van der Waals surface area contributed by atoms with Crippen LogP contribution in [0.15, 0.2) is 36.7 Å². The van der Waals surface area contributed by atoms with E-state index in [9.17, 15) is 4.39 Å². The van der Waals surface area contributed by atoms with Crippen LogP contribution in [0.5, 0.6) is 0 Å². The third kappa shape index (κ3) is 2.31. The fraction of sp³-hybridized carbons (Fsp3) is 0.231. The quantitative estimate of drug-likeness (QED) is 0.842. The molecule has 1 aromatic heterocycles. The number of aromatic nitrogens is 1. The fourth-order valence-electron chi connectivity index (χ4n) is 1.72. The van der Waals surface area contributed by atoms with Gasteiger partial charge in [0.2, 0.25) is 0 Å². The summed E-state index contributed by atoms with van der Waals surface area (Å²) in [6, 6.07) is 6.67. The molecule has 1 N–H and O–H groups in total. The number of rotatable bonds is 3. The van der Waals surface area contributed by atoms with Gasteiger partial charge in [0.05, 0.1) is 6.61 Å². The summed E-state index contributed by atoms with van der Waals surface area (Å²) < 4.78 is 14.9. The van der Waals surface area contributed by atoms with E-state index < -0.39 is 0 Å². The van der Waals surface area contributed by atoms with E-state index in [2.05, 4.69) is 0 Å². The lowest BCUT2D eigenvalue weighted by Crippen LogP contribution is -1.99. The fourth-order valence-corrected chi connectivity index (χ4v) is 1.72. The molecule has 2 nitrogen and oxygen atoms in total. The van der Waals surface area contributed by atoms with Crippen LogP contribution in [-0.2, 0) is 13.2 Å². The summed E-state index contributed by atoms with van der Waals surface area (Å²) in [5.41, 5.74) is 2.92. The van der Waals surface area contributed by atoms with Crippen molar-refractivity contribution in [1.29, 1.82) is 0 Å². The first-order chi connectivity index (χ1) is 7.69. The minimum Gasteiger partial charge on any atom is -0.392 e. The van der Waals surface area contributed by atoms with E-state index in [0.717, 1.165) is 16.7 Å². The average Bonchev–Trinajstić information content (AvgIpc) is 2.70. The van der Waals surface area contributed by atoms with Crippen LogP contribution in [0.2, 0.25) is 0 Å². The number of hydrogen-bond donors (Lipinski definition) is 1.